The van der Waals surface area contributed by atoms with Gasteiger partial charge in [-0.15, -0.1) is 0 Å². The van der Waals surface area contributed by atoms with Gasteiger partial charge in [-0.05, 0) is 38.1 Å². The van der Waals surface area contributed by atoms with Gasteiger partial charge in [0, 0.05) is 35.0 Å². The van der Waals surface area contributed by atoms with Crippen LogP contribution in [0, 0.1) is 5.92 Å². The molecule has 1 aliphatic heterocycles. The molecule has 1 aromatic heterocycles. The molecule has 1 N–H and O–H groups in total. The Labute approximate surface area is 179 Å². The highest BCUT2D eigenvalue weighted by molar-refractivity contribution is 6.30. The smallest absolute Gasteiger partial charge is 0.351 e. The second kappa shape index (κ2) is 9.40. The van der Waals surface area contributed by atoms with Gasteiger partial charge in [-0.2, -0.15) is 4.98 Å². The lowest BCUT2D eigenvalue weighted by atomic mass is 9.82. The number of benzene rings is 1. The van der Waals surface area contributed by atoms with E-state index in [1.54, 1.807) is 45.2 Å². The Morgan fingerprint density at radius 1 is 1.30 bits per heavy atom. The zero-order valence-corrected chi connectivity index (χ0v) is 18.2. The van der Waals surface area contributed by atoms with Gasteiger partial charge < -0.3 is 14.8 Å². The second-order valence-electron chi connectivity index (χ2n) is 7.03. The molecule has 0 saturated heterocycles. The van der Waals surface area contributed by atoms with Crippen molar-refractivity contribution in [3.63, 3.8) is 0 Å². The van der Waals surface area contributed by atoms with E-state index in [-0.39, 0.29) is 18.5 Å². The number of carbonyl (C=O) groups is 1. The number of fused-ring (bicyclic) bond motifs is 1. The minimum Gasteiger partial charge on any atom is -0.465 e. The van der Waals surface area contributed by atoms with Crippen LogP contribution in [-0.2, 0) is 20.8 Å². The number of methoxy groups -OCH3 is 1. The molecule has 0 saturated carbocycles. The van der Waals surface area contributed by atoms with Crippen LogP contribution in [0.1, 0.15) is 32.3 Å². The van der Waals surface area contributed by atoms with Crippen molar-refractivity contribution in [2.75, 3.05) is 25.6 Å². The van der Waals surface area contributed by atoms with Gasteiger partial charge in [0.25, 0.3) is 0 Å². The van der Waals surface area contributed by atoms with Gasteiger partial charge >= 0.3 is 11.7 Å². The van der Waals surface area contributed by atoms with Crippen LogP contribution in [0.15, 0.2) is 34.1 Å². The number of carbonyl (C=O) groups excluding carboxylic acids is 1. The number of rotatable bonds is 7. The summed E-state index contributed by atoms with van der Waals surface area (Å²) in [5.74, 6) is -0.353. The lowest BCUT2D eigenvalue weighted by molar-refractivity contribution is -0.146. The highest BCUT2D eigenvalue weighted by Gasteiger charge is 2.38. The van der Waals surface area contributed by atoms with E-state index in [9.17, 15) is 9.59 Å². The minimum absolute atomic E-state index is 0.281. The van der Waals surface area contributed by atoms with E-state index in [0.29, 0.717) is 46.8 Å². The van der Waals surface area contributed by atoms with Crippen molar-refractivity contribution in [1.82, 2.24) is 9.55 Å². The molecule has 0 bridgehead atoms. The van der Waals surface area contributed by atoms with E-state index < -0.39 is 11.6 Å². The molecule has 0 aliphatic carbocycles. The van der Waals surface area contributed by atoms with Gasteiger partial charge in [0.1, 0.15) is 17.6 Å². The molecular weight excluding hydrogens is 408 g/mol. The van der Waals surface area contributed by atoms with Crippen molar-refractivity contribution < 1.29 is 14.3 Å². The number of nitrogens with zero attached hydrogens (tertiary/aromatic N) is 3. The number of aliphatic imine (C=N–C) groups is 1. The van der Waals surface area contributed by atoms with Gasteiger partial charge in [-0.25, -0.2) is 9.79 Å². The fourth-order valence-corrected chi connectivity index (χ4v) is 3.75. The monoisotopic (exact) mass is 432 g/mol. The minimum atomic E-state index is -0.557. The summed E-state index contributed by atoms with van der Waals surface area (Å²) in [6, 6.07) is 7.06. The Morgan fingerprint density at radius 3 is 2.63 bits per heavy atom. The van der Waals surface area contributed by atoms with Crippen molar-refractivity contribution in [1.29, 1.82) is 0 Å². The van der Waals surface area contributed by atoms with E-state index in [0.717, 1.165) is 0 Å². The van der Waals surface area contributed by atoms with Crippen LogP contribution in [0.25, 0.3) is 0 Å². The molecule has 1 aromatic carbocycles. The van der Waals surface area contributed by atoms with Crippen molar-refractivity contribution in [3.8, 4) is 0 Å². The first-order valence-corrected chi connectivity index (χ1v) is 10.1. The Kier molecular flexibility index (Phi) is 6.89. The molecule has 9 heteroatoms. The average Bonchev–Trinajstić information content (AvgIpc) is 2.69. The van der Waals surface area contributed by atoms with Crippen LogP contribution in [-0.4, -0.2) is 41.6 Å². The Morgan fingerprint density at radius 2 is 2.00 bits per heavy atom. The summed E-state index contributed by atoms with van der Waals surface area (Å²) in [4.78, 5) is 34.3. The maximum Gasteiger partial charge on any atom is 0.351 e. The van der Waals surface area contributed by atoms with Crippen LogP contribution < -0.4 is 11.0 Å². The number of hydrogen-bond acceptors (Lipinski definition) is 7. The number of aromatic nitrogens is 2. The van der Waals surface area contributed by atoms with Crippen molar-refractivity contribution in [3.05, 3.63) is 45.3 Å². The summed E-state index contributed by atoms with van der Waals surface area (Å²) in [6.45, 7) is 6.38. The summed E-state index contributed by atoms with van der Waals surface area (Å²) in [5, 5.41) is 3.78. The molecule has 1 aliphatic rings. The zero-order chi connectivity index (χ0) is 21.8. The number of halogens is 1. The van der Waals surface area contributed by atoms with Gasteiger partial charge in [-0.1, -0.05) is 18.5 Å². The molecule has 2 atom stereocenters. The molecule has 3 rings (SSSR count). The van der Waals surface area contributed by atoms with E-state index in [2.05, 4.69) is 15.3 Å². The zero-order valence-electron chi connectivity index (χ0n) is 17.4. The second-order valence-corrected chi connectivity index (χ2v) is 7.46. The average molecular weight is 433 g/mol. The summed E-state index contributed by atoms with van der Waals surface area (Å²) >= 11 is 5.97. The maximum atomic E-state index is 12.8. The van der Waals surface area contributed by atoms with E-state index in [4.69, 9.17) is 21.1 Å². The Bertz CT molecular complexity index is 1020. The van der Waals surface area contributed by atoms with E-state index in [1.807, 2.05) is 6.92 Å². The maximum absolute atomic E-state index is 12.8. The van der Waals surface area contributed by atoms with Crippen LogP contribution in [0.3, 0.4) is 0 Å². The molecule has 8 nitrogen and oxygen atoms in total. The van der Waals surface area contributed by atoms with Crippen molar-refractivity contribution >= 4 is 40.6 Å². The standard InChI is InChI=1S/C21H25ClN4O4/c1-5-30-20(27)16-12(2)17-18(24-15-8-6-14(22)7-9-15)25-21(28)26(10-11-29-4)19(17)23-13(16)3/h6-9,12,16H,5,10-11H2,1-4H3,(H,24,25,28). The molecule has 2 unspecified atom stereocenters. The first-order valence-electron chi connectivity index (χ1n) is 9.75. The molecule has 2 heterocycles. The molecule has 30 heavy (non-hydrogen) atoms. The van der Waals surface area contributed by atoms with Crippen LogP contribution in [0.2, 0.25) is 5.02 Å². The molecule has 0 radical (unpaired) electrons. The topological polar surface area (TPSA) is 94.8 Å². The highest BCUT2D eigenvalue weighted by Crippen LogP contribution is 2.42. The quantitative estimate of drug-likeness (QED) is 0.670. The van der Waals surface area contributed by atoms with Crippen LogP contribution in [0.4, 0.5) is 17.3 Å². The molecule has 2 aromatic rings. The lowest BCUT2D eigenvalue weighted by Gasteiger charge is -2.30. The van der Waals surface area contributed by atoms with E-state index in [1.165, 1.54) is 4.57 Å². The number of hydrogen-bond donors (Lipinski definition) is 1. The van der Waals surface area contributed by atoms with Gasteiger partial charge in [0.2, 0.25) is 0 Å². The predicted molar refractivity (Wildman–Crippen MR) is 116 cm³/mol. The Hall–Kier alpha value is -2.71. The van der Waals surface area contributed by atoms with Crippen LogP contribution >= 0.6 is 11.6 Å². The number of ether oxygens (including phenoxy) is 2. The van der Waals surface area contributed by atoms with Gasteiger partial charge in [0.15, 0.2) is 0 Å². The molecule has 0 fully saturated rings. The molecule has 0 amide bonds. The molecular formula is C21H25ClN4O4. The van der Waals surface area contributed by atoms with Crippen LogP contribution in [0.5, 0.6) is 0 Å². The summed E-state index contributed by atoms with van der Waals surface area (Å²) < 4.78 is 11.9. The van der Waals surface area contributed by atoms with Crippen molar-refractivity contribution in [2.45, 2.75) is 33.2 Å². The third-order valence-corrected chi connectivity index (χ3v) is 5.30. The van der Waals surface area contributed by atoms with Crippen molar-refractivity contribution in [2.24, 2.45) is 10.9 Å². The Balaban J connectivity index is 2.15. The summed E-state index contributed by atoms with van der Waals surface area (Å²) in [5.41, 5.74) is 1.56. The van der Waals surface area contributed by atoms with E-state index >= 15 is 0 Å². The SMILES string of the molecule is CCOC(=O)C1C(C)=Nc2c(c(Nc3ccc(Cl)cc3)nc(=O)n2CCOC)C1C. The number of anilines is 2. The summed E-state index contributed by atoms with van der Waals surface area (Å²) in [7, 11) is 1.56. The number of nitrogens with one attached hydrogen (secondary N) is 1. The fourth-order valence-electron chi connectivity index (χ4n) is 3.62. The predicted octanol–water partition coefficient (Wildman–Crippen LogP) is 3.68. The largest absolute Gasteiger partial charge is 0.465 e. The van der Waals surface area contributed by atoms with Gasteiger partial charge in [0.05, 0.1) is 19.8 Å². The molecule has 0 spiro atoms. The third-order valence-electron chi connectivity index (χ3n) is 5.04. The normalized spacial score (nSPS) is 17.8. The first-order chi connectivity index (χ1) is 14.4. The summed E-state index contributed by atoms with van der Waals surface area (Å²) in [6.07, 6.45) is 0. The third kappa shape index (κ3) is 4.39. The van der Waals surface area contributed by atoms with Gasteiger partial charge in [-0.3, -0.25) is 9.36 Å². The number of esters is 1. The molecule has 160 valence electrons. The fraction of sp³-hybridized carbons (Fsp3) is 0.429. The lowest BCUT2D eigenvalue weighted by Crippen LogP contribution is -2.35. The first kappa shape index (κ1) is 22.0. The highest BCUT2D eigenvalue weighted by atomic mass is 35.5.